The second-order valence-corrected chi connectivity index (χ2v) is 5.86. The molecule has 0 N–H and O–H groups in total. The van der Waals surface area contributed by atoms with Crippen molar-refractivity contribution in [2.45, 2.75) is 31.9 Å². The van der Waals surface area contributed by atoms with Crippen molar-refractivity contribution in [3.63, 3.8) is 0 Å². The Hall–Kier alpha value is -0.380. The highest BCUT2D eigenvalue weighted by Gasteiger charge is 2.25. The predicted molar refractivity (Wildman–Crippen MR) is 79.4 cm³/mol. The third-order valence-corrected chi connectivity index (χ3v) is 4.43. The molecular weight excluding hydrogens is 290 g/mol. The SMILES string of the molecule is CC1CN(CC(CBr)c2ccccc2)C(C)CO1. The molecule has 1 aromatic rings. The first-order chi connectivity index (χ1) is 8.70. The molecule has 1 saturated heterocycles. The van der Waals surface area contributed by atoms with Crippen LogP contribution in [0.15, 0.2) is 30.3 Å². The van der Waals surface area contributed by atoms with E-state index in [9.17, 15) is 0 Å². The van der Waals surface area contributed by atoms with Gasteiger partial charge in [0.15, 0.2) is 0 Å². The molecule has 0 spiro atoms. The van der Waals surface area contributed by atoms with Gasteiger partial charge < -0.3 is 4.74 Å². The van der Waals surface area contributed by atoms with Crippen LogP contribution >= 0.6 is 15.9 Å². The van der Waals surface area contributed by atoms with E-state index in [1.54, 1.807) is 0 Å². The minimum Gasteiger partial charge on any atom is -0.376 e. The number of alkyl halides is 1. The van der Waals surface area contributed by atoms with Gasteiger partial charge in [0.2, 0.25) is 0 Å². The maximum atomic E-state index is 5.69. The Morgan fingerprint density at radius 2 is 2.06 bits per heavy atom. The van der Waals surface area contributed by atoms with E-state index in [4.69, 9.17) is 4.74 Å². The zero-order valence-corrected chi connectivity index (χ0v) is 12.8. The van der Waals surface area contributed by atoms with Crippen molar-refractivity contribution in [1.29, 1.82) is 0 Å². The van der Waals surface area contributed by atoms with Crippen LogP contribution in [0.2, 0.25) is 0 Å². The molecule has 0 aromatic heterocycles. The number of hydrogen-bond donors (Lipinski definition) is 0. The number of hydrogen-bond acceptors (Lipinski definition) is 2. The van der Waals surface area contributed by atoms with Gasteiger partial charge in [0.05, 0.1) is 12.7 Å². The summed E-state index contributed by atoms with van der Waals surface area (Å²) in [4.78, 5) is 2.55. The first-order valence-electron chi connectivity index (χ1n) is 6.67. The minimum absolute atomic E-state index is 0.355. The van der Waals surface area contributed by atoms with E-state index in [1.807, 2.05) is 0 Å². The van der Waals surface area contributed by atoms with Crippen LogP contribution in [0.3, 0.4) is 0 Å². The maximum Gasteiger partial charge on any atom is 0.0674 e. The zero-order chi connectivity index (χ0) is 13.0. The normalized spacial score (nSPS) is 27.1. The molecule has 3 unspecified atom stereocenters. The fourth-order valence-electron chi connectivity index (χ4n) is 2.48. The standard InChI is InChI=1S/C15H22BrNO/c1-12-11-18-13(2)9-17(12)10-15(8-16)14-6-4-3-5-7-14/h3-7,12-13,15H,8-11H2,1-2H3. The molecule has 1 fully saturated rings. The summed E-state index contributed by atoms with van der Waals surface area (Å²) < 4.78 is 5.69. The fraction of sp³-hybridized carbons (Fsp3) is 0.600. The van der Waals surface area contributed by atoms with Gasteiger partial charge >= 0.3 is 0 Å². The van der Waals surface area contributed by atoms with Gasteiger partial charge in [-0.3, -0.25) is 4.90 Å². The van der Waals surface area contributed by atoms with E-state index in [0.29, 0.717) is 18.1 Å². The van der Waals surface area contributed by atoms with Crippen molar-refractivity contribution < 1.29 is 4.74 Å². The maximum absolute atomic E-state index is 5.69. The molecule has 0 bridgehead atoms. The van der Waals surface area contributed by atoms with Crippen molar-refractivity contribution in [3.8, 4) is 0 Å². The van der Waals surface area contributed by atoms with E-state index in [0.717, 1.165) is 25.0 Å². The second-order valence-electron chi connectivity index (χ2n) is 5.21. The molecule has 2 nitrogen and oxygen atoms in total. The lowest BCUT2D eigenvalue weighted by atomic mass is 9.99. The number of morpholine rings is 1. The van der Waals surface area contributed by atoms with Crippen molar-refractivity contribution >= 4 is 15.9 Å². The Balaban J connectivity index is 2.01. The highest BCUT2D eigenvalue weighted by molar-refractivity contribution is 9.09. The Morgan fingerprint density at radius 3 is 2.72 bits per heavy atom. The zero-order valence-electron chi connectivity index (χ0n) is 11.2. The van der Waals surface area contributed by atoms with E-state index < -0.39 is 0 Å². The first-order valence-corrected chi connectivity index (χ1v) is 7.79. The third-order valence-electron chi connectivity index (χ3n) is 3.65. The first kappa shape index (κ1) is 14.0. The van der Waals surface area contributed by atoms with Crippen LogP contribution in [0.25, 0.3) is 0 Å². The highest BCUT2D eigenvalue weighted by Crippen LogP contribution is 2.22. The highest BCUT2D eigenvalue weighted by atomic mass is 79.9. The smallest absolute Gasteiger partial charge is 0.0674 e. The van der Waals surface area contributed by atoms with E-state index >= 15 is 0 Å². The Kier molecular flexibility index (Phi) is 5.22. The van der Waals surface area contributed by atoms with E-state index in [1.165, 1.54) is 5.56 Å². The molecule has 1 aliphatic rings. The molecule has 3 atom stereocenters. The van der Waals surface area contributed by atoms with Crippen molar-refractivity contribution in [1.82, 2.24) is 4.90 Å². The van der Waals surface area contributed by atoms with Gasteiger partial charge in [-0.05, 0) is 19.4 Å². The van der Waals surface area contributed by atoms with Crippen LogP contribution in [0, 0.1) is 0 Å². The summed E-state index contributed by atoms with van der Waals surface area (Å²) in [6.45, 7) is 7.40. The average Bonchev–Trinajstić information content (AvgIpc) is 2.41. The largest absolute Gasteiger partial charge is 0.376 e. The molecule has 1 aromatic carbocycles. The van der Waals surface area contributed by atoms with Crippen molar-refractivity contribution in [2.24, 2.45) is 0 Å². The van der Waals surface area contributed by atoms with E-state index in [2.05, 4.69) is 65.0 Å². The van der Waals surface area contributed by atoms with Gasteiger partial charge in [0.25, 0.3) is 0 Å². The summed E-state index contributed by atoms with van der Waals surface area (Å²) >= 11 is 3.66. The molecule has 0 radical (unpaired) electrons. The summed E-state index contributed by atoms with van der Waals surface area (Å²) in [7, 11) is 0. The summed E-state index contributed by atoms with van der Waals surface area (Å²) in [6, 6.07) is 11.3. The molecular formula is C15H22BrNO. The number of rotatable bonds is 4. The second kappa shape index (κ2) is 6.69. The Labute approximate surface area is 118 Å². The summed E-state index contributed by atoms with van der Waals surface area (Å²) in [5.41, 5.74) is 1.42. The number of ether oxygens (including phenoxy) is 1. The molecule has 3 heteroatoms. The van der Waals surface area contributed by atoms with Gasteiger partial charge in [-0.2, -0.15) is 0 Å². The molecule has 100 valence electrons. The lowest BCUT2D eigenvalue weighted by Gasteiger charge is -2.38. The quantitative estimate of drug-likeness (QED) is 0.791. The van der Waals surface area contributed by atoms with Crippen LogP contribution in [-0.4, -0.2) is 42.1 Å². The Bertz CT molecular complexity index is 357. The third kappa shape index (κ3) is 3.56. The van der Waals surface area contributed by atoms with Gasteiger partial charge in [-0.1, -0.05) is 46.3 Å². The van der Waals surface area contributed by atoms with Crippen LogP contribution in [0.1, 0.15) is 25.3 Å². The van der Waals surface area contributed by atoms with Crippen molar-refractivity contribution in [2.75, 3.05) is 25.0 Å². The Morgan fingerprint density at radius 1 is 1.33 bits per heavy atom. The number of halogens is 1. The molecule has 0 amide bonds. The minimum atomic E-state index is 0.355. The molecule has 18 heavy (non-hydrogen) atoms. The fourth-order valence-corrected chi connectivity index (χ4v) is 3.06. The monoisotopic (exact) mass is 311 g/mol. The lowest BCUT2D eigenvalue weighted by Crippen LogP contribution is -2.48. The van der Waals surface area contributed by atoms with E-state index in [-0.39, 0.29) is 0 Å². The predicted octanol–water partition coefficient (Wildman–Crippen LogP) is 3.27. The van der Waals surface area contributed by atoms with Gasteiger partial charge in [-0.25, -0.2) is 0 Å². The molecule has 1 heterocycles. The summed E-state index contributed by atoms with van der Waals surface area (Å²) in [6.07, 6.45) is 0.355. The van der Waals surface area contributed by atoms with Gasteiger partial charge in [0.1, 0.15) is 0 Å². The molecule has 2 rings (SSSR count). The van der Waals surface area contributed by atoms with Crippen LogP contribution in [0.4, 0.5) is 0 Å². The topological polar surface area (TPSA) is 12.5 Å². The van der Waals surface area contributed by atoms with Crippen molar-refractivity contribution in [3.05, 3.63) is 35.9 Å². The van der Waals surface area contributed by atoms with Crippen LogP contribution in [-0.2, 0) is 4.74 Å². The van der Waals surface area contributed by atoms with Crippen LogP contribution < -0.4 is 0 Å². The summed E-state index contributed by atoms with van der Waals surface area (Å²) in [5.74, 6) is 0.555. The van der Waals surface area contributed by atoms with Gasteiger partial charge in [-0.15, -0.1) is 0 Å². The number of nitrogens with zero attached hydrogens (tertiary/aromatic N) is 1. The molecule has 0 aliphatic carbocycles. The van der Waals surface area contributed by atoms with Gasteiger partial charge in [0, 0.05) is 30.4 Å². The average molecular weight is 312 g/mol. The number of benzene rings is 1. The molecule has 0 saturated carbocycles. The molecule has 1 aliphatic heterocycles. The lowest BCUT2D eigenvalue weighted by molar-refractivity contribution is -0.0505. The summed E-state index contributed by atoms with van der Waals surface area (Å²) in [5, 5.41) is 1.01. The van der Waals surface area contributed by atoms with Crippen LogP contribution in [0.5, 0.6) is 0 Å².